The topological polar surface area (TPSA) is 100 Å². The molecule has 26 heavy (non-hydrogen) atoms. The Kier molecular flexibility index (Phi) is 5.34. The number of rotatable bonds is 6. The molecular formula is C20H22N4O2. The summed E-state index contributed by atoms with van der Waals surface area (Å²) in [4.78, 5) is 27.9. The molecule has 1 heterocycles. The summed E-state index contributed by atoms with van der Waals surface area (Å²) in [6.07, 6.45) is 1.99. The van der Waals surface area contributed by atoms with Crippen molar-refractivity contribution < 1.29 is 9.59 Å². The SMILES string of the molecule is Cc1ccc(NC(=O)[C@H](CN)NC(=O)Cc2c[nH]c3ccccc23)cc1. The monoisotopic (exact) mass is 350 g/mol. The summed E-state index contributed by atoms with van der Waals surface area (Å²) < 4.78 is 0. The first-order chi connectivity index (χ1) is 12.6. The molecule has 0 aliphatic heterocycles. The highest BCUT2D eigenvalue weighted by atomic mass is 16.2. The van der Waals surface area contributed by atoms with E-state index in [4.69, 9.17) is 5.73 Å². The third-order valence-electron chi connectivity index (χ3n) is 4.23. The number of anilines is 1. The van der Waals surface area contributed by atoms with Gasteiger partial charge in [-0.25, -0.2) is 0 Å². The number of aryl methyl sites for hydroxylation is 1. The molecule has 6 heteroatoms. The lowest BCUT2D eigenvalue weighted by atomic mass is 10.1. The fraction of sp³-hybridized carbons (Fsp3) is 0.200. The average molecular weight is 350 g/mol. The van der Waals surface area contributed by atoms with Gasteiger partial charge >= 0.3 is 0 Å². The lowest BCUT2D eigenvalue weighted by molar-refractivity contribution is -0.125. The van der Waals surface area contributed by atoms with Crippen LogP contribution in [-0.2, 0) is 16.0 Å². The zero-order chi connectivity index (χ0) is 18.5. The van der Waals surface area contributed by atoms with Crippen LogP contribution in [0.2, 0.25) is 0 Å². The van der Waals surface area contributed by atoms with E-state index in [-0.39, 0.29) is 24.8 Å². The number of carbonyl (C=O) groups excluding carboxylic acids is 2. The molecule has 5 N–H and O–H groups in total. The van der Waals surface area contributed by atoms with E-state index in [9.17, 15) is 9.59 Å². The van der Waals surface area contributed by atoms with E-state index >= 15 is 0 Å². The molecule has 134 valence electrons. The van der Waals surface area contributed by atoms with Crippen molar-refractivity contribution in [3.05, 3.63) is 65.9 Å². The van der Waals surface area contributed by atoms with E-state index in [0.717, 1.165) is 22.0 Å². The van der Waals surface area contributed by atoms with Crippen LogP contribution in [0.4, 0.5) is 5.69 Å². The maximum Gasteiger partial charge on any atom is 0.248 e. The zero-order valence-corrected chi connectivity index (χ0v) is 14.6. The van der Waals surface area contributed by atoms with Crippen LogP contribution in [0, 0.1) is 6.92 Å². The molecule has 0 saturated heterocycles. The van der Waals surface area contributed by atoms with Crippen LogP contribution in [-0.4, -0.2) is 29.4 Å². The maximum atomic E-state index is 12.4. The molecule has 0 bridgehead atoms. The third kappa shape index (κ3) is 4.10. The van der Waals surface area contributed by atoms with Gasteiger partial charge in [0.05, 0.1) is 6.42 Å². The Labute approximate surface area is 151 Å². The number of nitrogens with two attached hydrogens (primary N) is 1. The van der Waals surface area contributed by atoms with Gasteiger partial charge in [-0.2, -0.15) is 0 Å². The van der Waals surface area contributed by atoms with E-state index in [1.54, 1.807) is 0 Å². The number of fused-ring (bicyclic) bond motifs is 1. The van der Waals surface area contributed by atoms with Crippen molar-refractivity contribution in [2.24, 2.45) is 5.73 Å². The van der Waals surface area contributed by atoms with Crippen molar-refractivity contribution in [1.29, 1.82) is 0 Å². The molecule has 0 aliphatic rings. The second kappa shape index (κ2) is 7.84. The van der Waals surface area contributed by atoms with Crippen molar-refractivity contribution >= 4 is 28.4 Å². The third-order valence-corrected chi connectivity index (χ3v) is 4.23. The van der Waals surface area contributed by atoms with Crippen molar-refractivity contribution in [3.8, 4) is 0 Å². The molecule has 0 saturated carbocycles. The predicted molar refractivity (Wildman–Crippen MR) is 103 cm³/mol. The van der Waals surface area contributed by atoms with Gasteiger partial charge in [-0.05, 0) is 30.7 Å². The lowest BCUT2D eigenvalue weighted by Crippen LogP contribution is -2.48. The van der Waals surface area contributed by atoms with E-state index in [1.165, 1.54) is 0 Å². The number of aromatic nitrogens is 1. The molecule has 0 aliphatic carbocycles. The van der Waals surface area contributed by atoms with Gasteiger partial charge in [0.15, 0.2) is 0 Å². The first kappa shape index (κ1) is 17.7. The molecule has 2 aromatic carbocycles. The van der Waals surface area contributed by atoms with Crippen molar-refractivity contribution in [2.45, 2.75) is 19.4 Å². The highest BCUT2D eigenvalue weighted by molar-refractivity contribution is 5.98. The van der Waals surface area contributed by atoms with E-state index < -0.39 is 6.04 Å². The van der Waals surface area contributed by atoms with Crippen molar-refractivity contribution in [1.82, 2.24) is 10.3 Å². The number of H-pyrrole nitrogens is 1. The van der Waals surface area contributed by atoms with Crippen LogP contribution in [0.25, 0.3) is 10.9 Å². The number of para-hydroxylation sites is 1. The van der Waals surface area contributed by atoms with E-state index in [0.29, 0.717) is 5.69 Å². The van der Waals surface area contributed by atoms with Crippen LogP contribution >= 0.6 is 0 Å². The standard InChI is InChI=1S/C20H22N4O2/c1-13-6-8-15(9-7-13)23-20(26)18(11-21)24-19(25)10-14-12-22-17-5-3-2-4-16(14)17/h2-9,12,18,22H,10-11,21H2,1H3,(H,23,26)(H,24,25)/t18-/m0/s1. The molecule has 0 spiro atoms. The predicted octanol–water partition coefficient (Wildman–Crippen LogP) is 2.10. The smallest absolute Gasteiger partial charge is 0.248 e. The normalized spacial score (nSPS) is 11.9. The number of benzene rings is 2. The highest BCUT2D eigenvalue weighted by Crippen LogP contribution is 2.18. The summed E-state index contributed by atoms with van der Waals surface area (Å²) in [5, 5.41) is 6.48. The van der Waals surface area contributed by atoms with Gasteiger partial charge in [0.1, 0.15) is 6.04 Å². The summed E-state index contributed by atoms with van der Waals surface area (Å²) in [7, 11) is 0. The number of aromatic amines is 1. The maximum absolute atomic E-state index is 12.4. The fourth-order valence-electron chi connectivity index (χ4n) is 2.79. The minimum Gasteiger partial charge on any atom is -0.361 e. The van der Waals surface area contributed by atoms with Gasteiger partial charge in [-0.15, -0.1) is 0 Å². The molecule has 0 fully saturated rings. The zero-order valence-electron chi connectivity index (χ0n) is 14.6. The number of nitrogens with one attached hydrogen (secondary N) is 3. The molecule has 0 unspecified atom stereocenters. The summed E-state index contributed by atoms with van der Waals surface area (Å²) in [5.41, 5.74) is 9.31. The molecule has 6 nitrogen and oxygen atoms in total. The molecule has 3 aromatic rings. The molecule has 1 aromatic heterocycles. The number of amides is 2. The number of carbonyl (C=O) groups is 2. The molecule has 1 atom stereocenters. The second-order valence-electron chi connectivity index (χ2n) is 6.25. The Morgan fingerprint density at radius 2 is 1.85 bits per heavy atom. The Morgan fingerprint density at radius 1 is 1.12 bits per heavy atom. The van der Waals surface area contributed by atoms with E-state index in [1.807, 2.05) is 61.7 Å². The van der Waals surface area contributed by atoms with Gasteiger partial charge in [0.25, 0.3) is 0 Å². The summed E-state index contributed by atoms with van der Waals surface area (Å²) in [6.45, 7) is 2.00. The van der Waals surface area contributed by atoms with Crippen molar-refractivity contribution in [2.75, 3.05) is 11.9 Å². The van der Waals surface area contributed by atoms with Crippen LogP contribution in [0.1, 0.15) is 11.1 Å². The summed E-state index contributed by atoms with van der Waals surface area (Å²) >= 11 is 0. The first-order valence-corrected chi connectivity index (χ1v) is 8.49. The summed E-state index contributed by atoms with van der Waals surface area (Å²) in [5.74, 6) is -0.576. The Bertz CT molecular complexity index is 915. The lowest BCUT2D eigenvalue weighted by Gasteiger charge is -2.16. The number of hydrogen-bond acceptors (Lipinski definition) is 3. The minimum atomic E-state index is -0.783. The van der Waals surface area contributed by atoms with E-state index in [2.05, 4.69) is 15.6 Å². The van der Waals surface area contributed by atoms with Crippen LogP contribution in [0.5, 0.6) is 0 Å². The second-order valence-corrected chi connectivity index (χ2v) is 6.25. The Hall–Kier alpha value is -3.12. The molecular weight excluding hydrogens is 328 g/mol. The number of hydrogen-bond donors (Lipinski definition) is 4. The van der Waals surface area contributed by atoms with Gasteiger partial charge in [0, 0.05) is 29.3 Å². The quantitative estimate of drug-likeness (QED) is 0.548. The summed E-state index contributed by atoms with van der Waals surface area (Å²) in [6, 6.07) is 14.4. The van der Waals surface area contributed by atoms with Crippen LogP contribution in [0.15, 0.2) is 54.7 Å². The fourth-order valence-corrected chi connectivity index (χ4v) is 2.79. The Balaban J connectivity index is 1.62. The van der Waals surface area contributed by atoms with Gasteiger partial charge in [-0.3, -0.25) is 9.59 Å². The molecule has 3 rings (SSSR count). The highest BCUT2D eigenvalue weighted by Gasteiger charge is 2.20. The van der Waals surface area contributed by atoms with Crippen molar-refractivity contribution in [3.63, 3.8) is 0 Å². The molecule has 2 amide bonds. The van der Waals surface area contributed by atoms with Gasteiger partial charge in [0.2, 0.25) is 11.8 Å². The average Bonchev–Trinajstić information content (AvgIpc) is 3.04. The first-order valence-electron chi connectivity index (χ1n) is 8.49. The van der Waals surface area contributed by atoms with Crippen LogP contribution < -0.4 is 16.4 Å². The molecule has 0 radical (unpaired) electrons. The van der Waals surface area contributed by atoms with Gasteiger partial charge < -0.3 is 21.4 Å². The van der Waals surface area contributed by atoms with Gasteiger partial charge in [-0.1, -0.05) is 35.9 Å². The van der Waals surface area contributed by atoms with Crippen LogP contribution in [0.3, 0.4) is 0 Å². The largest absolute Gasteiger partial charge is 0.361 e. The minimum absolute atomic E-state index is 0.0251. The Morgan fingerprint density at radius 3 is 2.58 bits per heavy atom.